The first-order valence-corrected chi connectivity index (χ1v) is 6.87. The van der Waals surface area contributed by atoms with E-state index in [0.717, 1.165) is 6.07 Å². The van der Waals surface area contributed by atoms with Gasteiger partial charge in [-0.2, -0.15) is 0 Å². The van der Waals surface area contributed by atoms with Crippen LogP contribution in [0.2, 0.25) is 15.1 Å². The number of amides is 1. The van der Waals surface area contributed by atoms with E-state index in [1.54, 1.807) is 0 Å². The first-order chi connectivity index (χ1) is 10.3. The molecule has 2 aromatic rings. The third-order valence-corrected chi connectivity index (χ3v) is 3.85. The Morgan fingerprint density at radius 2 is 1.86 bits per heavy atom. The highest BCUT2D eigenvalue weighted by atomic mass is 35.5. The van der Waals surface area contributed by atoms with Crippen LogP contribution in [0, 0.1) is 10.1 Å². The smallest absolute Gasteiger partial charge is 0.270 e. The molecule has 0 saturated carbocycles. The Morgan fingerprint density at radius 1 is 1.18 bits per heavy atom. The van der Waals surface area contributed by atoms with Gasteiger partial charge in [-0.05, 0) is 12.1 Å². The summed E-state index contributed by atoms with van der Waals surface area (Å²) in [6.07, 6.45) is 0. The van der Waals surface area contributed by atoms with Crippen LogP contribution in [0.3, 0.4) is 0 Å². The minimum atomic E-state index is -0.636. The number of aromatic hydroxyl groups is 1. The van der Waals surface area contributed by atoms with E-state index in [1.807, 2.05) is 0 Å². The SMILES string of the molecule is O=C(Nc1cc(Cl)c(O)c(Cl)c1Cl)c1cccc([N+](=O)[O-])c1. The van der Waals surface area contributed by atoms with Gasteiger partial charge in [-0.3, -0.25) is 14.9 Å². The fourth-order valence-corrected chi connectivity index (χ4v) is 2.28. The molecule has 2 aromatic carbocycles. The van der Waals surface area contributed by atoms with E-state index < -0.39 is 16.6 Å². The number of phenolic OH excluding ortho intramolecular Hbond substituents is 1. The quantitative estimate of drug-likeness (QED) is 0.364. The normalized spacial score (nSPS) is 10.3. The van der Waals surface area contributed by atoms with Gasteiger partial charge >= 0.3 is 0 Å². The highest BCUT2D eigenvalue weighted by Crippen LogP contribution is 2.42. The van der Waals surface area contributed by atoms with Crippen molar-refractivity contribution in [3.63, 3.8) is 0 Å². The maximum absolute atomic E-state index is 12.1. The third kappa shape index (κ3) is 3.24. The molecule has 22 heavy (non-hydrogen) atoms. The molecule has 9 heteroatoms. The Kier molecular flexibility index (Phi) is 4.75. The summed E-state index contributed by atoms with van der Waals surface area (Å²) < 4.78 is 0. The van der Waals surface area contributed by atoms with Crippen LogP contribution in [-0.2, 0) is 0 Å². The molecule has 0 aliphatic heterocycles. The molecule has 0 aliphatic carbocycles. The molecule has 0 bridgehead atoms. The van der Waals surface area contributed by atoms with Gasteiger partial charge in [-0.1, -0.05) is 40.9 Å². The molecule has 0 spiro atoms. The zero-order valence-electron chi connectivity index (χ0n) is 10.6. The zero-order valence-corrected chi connectivity index (χ0v) is 12.9. The molecular weight excluding hydrogens is 355 g/mol. The fraction of sp³-hybridized carbons (Fsp3) is 0. The number of nitrogens with one attached hydrogen (secondary N) is 1. The molecule has 0 radical (unpaired) electrons. The van der Waals surface area contributed by atoms with E-state index in [-0.39, 0.29) is 32.0 Å². The molecule has 0 heterocycles. The van der Waals surface area contributed by atoms with Gasteiger partial charge in [-0.25, -0.2) is 0 Å². The minimum Gasteiger partial charge on any atom is -0.505 e. The van der Waals surface area contributed by atoms with Crippen molar-refractivity contribution in [2.45, 2.75) is 0 Å². The number of benzene rings is 2. The highest BCUT2D eigenvalue weighted by Gasteiger charge is 2.17. The van der Waals surface area contributed by atoms with Gasteiger partial charge in [0, 0.05) is 17.7 Å². The number of carbonyl (C=O) groups is 1. The van der Waals surface area contributed by atoms with Crippen LogP contribution < -0.4 is 5.32 Å². The number of hydrogen-bond donors (Lipinski definition) is 2. The van der Waals surface area contributed by atoms with E-state index in [4.69, 9.17) is 34.8 Å². The predicted octanol–water partition coefficient (Wildman–Crippen LogP) is 4.51. The first kappa shape index (κ1) is 16.4. The average molecular weight is 362 g/mol. The molecular formula is C13H7Cl3N2O4. The summed E-state index contributed by atoms with van der Waals surface area (Å²) in [6, 6.07) is 6.39. The van der Waals surface area contributed by atoms with Crippen LogP contribution in [0.1, 0.15) is 10.4 Å². The molecule has 114 valence electrons. The molecule has 2 rings (SSSR count). The number of halogens is 3. The van der Waals surface area contributed by atoms with E-state index in [1.165, 1.54) is 24.3 Å². The maximum atomic E-state index is 12.1. The Balaban J connectivity index is 2.34. The maximum Gasteiger partial charge on any atom is 0.270 e. The lowest BCUT2D eigenvalue weighted by Crippen LogP contribution is -2.12. The van der Waals surface area contributed by atoms with Crippen LogP contribution in [0.5, 0.6) is 5.75 Å². The van der Waals surface area contributed by atoms with E-state index in [2.05, 4.69) is 5.32 Å². The van der Waals surface area contributed by atoms with E-state index in [0.29, 0.717) is 0 Å². The summed E-state index contributed by atoms with van der Waals surface area (Å²) >= 11 is 17.4. The number of nitro groups is 1. The molecule has 6 nitrogen and oxygen atoms in total. The van der Waals surface area contributed by atoms with Gasteiger partial charge in [0.1, 0.15) is 5.02 Å². The van der Waals surface area contributed by atoms with Crippen molar-refractivity contribution in [1.29, 1.82) is 0 Å². The topological polar surface area (TPSA) is 92.5 Å². The van der Waals surface area contributed by atoms with Gasteiger partial charge in [0.15, 0.2) is 5.75 Å². The van der Waals surface area contributed by atoms with Crippen LogP contribution in [0.15, 0.2) is 30.3 Å². The molecule has 0 fully saturated rings. The van der Waals surface area contributed by atoms with Crippen molar-refractivity contribution in [3.8, 4) is 5.75 Å². The minimum absolute atomic E-state index is 0.0607. The number of rotatable bonds is 3. The van der Waals surface area contributed by atoms with Crippen molar-refractivity contribution >= 4 is 52.1 Å². The number of hydrogen-bond acceptors (Lipinski definition) is 4. The standard InChI is InChI=1S/C13H7Cl3N2O4/c14-8-5-9(10(15)11(16)12(8)19)17-13(20)6-2-1-3-7(4-6)18(21)22/h1-5,19H,(H,17,20). The average Bonchev–Trinajstić information content (AvgIpc) is 2.50. The Bertz CT molecular complexity index is 780. The van der Waals surface area contributed by atoms with Crippen molar-refractivity contribution in [2.24, 2.45) is 0 Å². The number of nitro benzene ring substituents is 1. The van der Waals surface area contributed by atoms with Crippen LogP contribution >= 0.6 is 34.8 Å². The third-order valence-electron chi connectivity index (χ3n) is 2.70. The van der Waals surface area contributed by atoms with Crippen molar-refractivity contribution in [1.82, 2.24) is 0 Å². The van der Waals surface area contributed by atoms with E-state index >= 15 is 0 Å². The van der Waals surface area contributed by atoms with Gasteiger partial charge < -0.3 is 10.4 Å². The number of anilines is 1. The van der Waals surface area contributed by atoms with Crippen molar-refractivity contribution in [3.05, 3.63) is 61.1 Å². The monoisotopic (exact) mass is 360 g/mol. The summed E-state index contributed by atoms with van der Waals surface area (Å²) in [4.78, 5) is 22.2. The number of phenols is 1. The Hall–Kier alpha value is -2.02. The second-order valence-corrected chi connectivity index (χ2v) is 5.31. The van der Waals surface area contributed by atoms with Gasteiger partial charge in [0.2, 0.25) is 0 Å². The molecule has 0 atom stereocenters. The lowest BCUT2D eigenvalue weighted by atomic mass is 10.2. The molecule has 1 amide bonds. The fourth-order valence-electron chi connectivity index (χ4n) is 1.63. The van der Waals surface area contributed by atoms with Crippen LogP contribution in [0.4, 0.5) is 11.4 Å². The lowest BCUT2D eigenvalue weighted by Gasteiger charge is -2.10. The lowest BCUT2D eigenvalue weighted by molar-refractivity contribution is -0.384. The van der Waals surface area contributed by atoms with Crippen molar-refractivity contribution < 1.29 is 14.8 Å². The van der Waals surface area contributed by atoms with Gasteiger partial charge in [0.05, 0.1) is 20.7 Å². The largest absolute Gasteiger partial charge is 0.505 e. The van der Waals surface area contributed by atoms with Crippen LogP contribution in [0.25, 0.3) is 0 Å². The summed E-state index contributed by atoms with van der Waals surface area (Å²) in [7, 11) is 0. The second-order valence-electron chi connectivity index (χ2n) is 4.14. The summed E-state index contributed by atoms with van der Waals surface area (Å²) in [5.41, 5.74) is -0.0860. The first-order valence-electron chi connectivity index (χ1n) is 5.73. The summed E-state index contributed by atoms with van der Waals surface area (Å²) in [5, 5.41) is 22.3. The number of nitrogens with zero attached hydrogens (tertiary/aromatic N) is 1. The van der Waals surface area contributed by atoms with Gasteiger partial charge in [-0.15, -0.1) is 0 Å². The van der Waals surface area contributed by atoms with Crippen molar-refractivity contribution in [2.75, 3.05) is 5.32 Å². The predicted molar refractivity (Wildman–Crippen MR) is 84.2 cm³/mol. The Morgan fingerprint density at radius 3 is 2.50 bits per heavy atom. The van der Waals surface area contributed by atoms with Gasteiger partial charge in [0.25, 0.3) is 11.6 Å². The molecule has 0 unspecified atom stereocenters. The highest BCUT2D eigenvalue weighted by molar-refractivity contribution is 6.46. The zero-order chi connectivity index (χ0) is 16.4. The number of non-ortho nitro benzene ring substituents is 1. The van der Waals surface area contributed by atoms with Crippen LogP contribution in [-0.4, -0.2) is 15.9 Å². The molecule has 0 aliphatic rings. The summed E-state index contributed by atoms with van der Waals surface area (Å²) in [6.45, 7) is 0. The number of carbonyl (C=O) groups excluding carboxylic acids is 1. The van der Waals surface area contributed by atoms with E-state index in [9.17, 15) is 20.0 Å². The Labute approximate surface area is 139 Å². The summed E-state index contributed by atoms with van der Waals surface area (Å²) in [5.74, 6) is -1.04. The second kappa shape index (κ2) is 6.39. The molecule has 0 saturated heterocycles. The molecule has 2 N–H and O–H groups in total. The molecule has 0 aromatic heterocycles.